The molecule has 0 saturated heterocycles. The molecule has 0 amide bonds. The van der Waals surface area contributed by atoms with Gasteiger partial charge in [-0.25, -0.2) is 0 Å². The number of rotatable bonds is 2. The van der Waals surface area contributed by atoms with E-state index in [1.165, 1.54) is 0 Å². The maximum Gasteiger partial charge on any atom is 0.122 e. The lowest BCUT2D eigenvalue weighted by Crippen LogP contribution is -1.91. The third kappa shape index (κ3) is 2.71. The molecule has 0 fully saturated rings. The second-order valence-corrected chi connectivity index (χ2v) is 4.50. The molecule has 0 saturated carbocycles. The van der Waals surface area contributed by atoms with Crippen LogP contribution in [-0.2, 0) is 0 Å². The van der Waals surface area contributed by atoms with E-state index in [0.717, 1.165) is 22.7 Å². The molecule has 4 heteroatoms. The highest BCUT2D eigenvalue weighted by Gasteiger charge is 2.08. The Bertz CT molecular complexity index is 555. The van der Waals surface area contributed by atoms with Crippen LogP contribution in [0.5, 0.6) is 5.75 Å². The van der Waals surface area contributed by atoms with Crippen LogP contribution in [0.3, 0.4) is 0 Å². The first kappa shape index (κ1) is 12.2. The van der Waals surface area contributed by atoms with Crippen LogP contribution in [0.1, 0.15) is 5.69 Å². The zero-order chi connectivity index (χ0) is 12.4. The summed E-state index contributed by atoms with van der Waals surface area (Å²) in [5, 5.41) is 1.25. The fourth-order valence-corrected chi connectivity index (χ4v) is 1.97. The highest BCUT2D eigenvalue weighted by atomic mass is 35.5. The van der Waals surface area contributed by atoms with Gasteiger partial charge in [-0.2, -0.15) is 0 Å². The first-order chi connectivity index (χ1) is 8.10. The van der Waals surface area contributed by atoms with Gasteiger partial charge >= 0.3 is 0 Å². The Morgan fingerprint density at radius 3 is 2.59 bits per heavy atom. The second-order valence-electron chi connectivity index (χ2n) is 3.66. The summed E-state index contributed by atoms with van der Waals surface area (Å²) < 4.78 is 5.21. The summed E-state index contributed by atoms with van der Waals surface area (Å²) in [6.07, 6.45) is 0. The molecular weight excluding hydrogens is 257 g/mol. The number of nitrogens with zero attached hydrogens (tertiary/aromatic N) is 1. The number of pyridine rings is 1. The normalized spacial score (nSPS) is 10.4. The Labute approximate surface area is 110 Å². The fourth-order valence-electron chi connectivity index (χ4n) is 1.59. The second kappa shape index (κ2) is 4.94. The number of aryl methyl sites for hydroxylation is 1. The largest absolute Gasteiger partial charge is 0.497 e. The minimum Gasteiger partial charge on any atom is -0.497 e. The van der Waals surface area contributed by atoms with Gasteiger partial charge in [0, 0.05) is 28.4 Å². The molecule has 2 nitrogen and oxygen atoms in total. The van der Waals surface area contributed by atoms with Gasteiger partial charge in [0.25, 0.3) is 0 Å². The van der Waals surface area contributed by atoms with Crippen LogP contribution < -0.4 is 4.74 Å². The third-order valence-electron chi connectivity index (χ3n) is 2.37. The van der Waals surface area contributed by atoms with Gasteiger partial charge in [0.15, 0.2) is 0 Å². The van der Waals surface area contributed by atoms with Crippen LogP contribution in [0, 0.1) is 6.92 Å². The van der Waals surface area contributed by atoms with E-state index in [1.807, 2.05) is 19.1 Å². The quantitative estimate of drug-likeness (QED) is 0.806. The van der Waals surface area contributed by atoms with Crippen molar-refractivity contribution in [3.63, 3.8) is 0 Å². The summed E-state index contributed by atoms with van der Waals surface area (Å²) in [6.45, 7) is 1.91. The van der Waals surface area contributed by atoms with E-state index in [1.54, 1.807) is 25.3 Å². The summed E-state index contributed by atoms with van der Waals surface area (Å²) in [5.41, 5.74) is 2.44. The summed E-state index contributed by atoms with van der Waals surface area (Å²) in [5.74, 6) is 0.753. The topological polar surface area (TPSA) is 22.1 Å². The zero-order valence-electron chi connectivity index (χ0n) is 9.50. The number of aromatic nitrogens is 1. The van der Waals surface area contributed by atoms with Crippen molar-refractivity contribution in [2.75, 3.05) is 7.11 Å². The Balaban J connectivity index is 2.59. The highest BCUT2D eigenvalue weighted by Crippen LogP contribution is 2.31. The Morgan fingerprint density at radius 2 is 1.88 bits per heavy atom. The predicted molar refractivity (Wildman–Crippen MR) is 71.0 cm³/mol. The number of benzene rings is 1. The molecule has 0 N–H and O–H groups in total. The SMILES string of the molecule is COc1cc(C)nc(-c2cc(Cl)ccc2Cl)c1. The lowest BCUT2D eigenvalue weighted by Gasteiger charge is -2.08. The van der Waals surface area contributed by atoms with Crippen LogP contribution in [0.15, 0.2) is 30.3 Å². The van der Waals surface area contributed by atoms with Crippen molar-refractivity contribution in [2.45, 2.75) is 6.92 Å². The van der Waals surface area contributed by atoms with E-state index >= 15 is 0 Å². The van der Waals surface area contributed by atoms with Crippen molar-refractivity contribution in [3.8, 4) is 17.0 Å². The molecule has 1 aromatic heterocycles. The average molecular weight is 268 g/mol. The van der Waals surface area contributed by atoms with E-state index in [9.17, 15) is 0 Å². The number of halogens is 2. The van der Waals surface area contributed by atoms with Gasteiger partial charge in [0.1, 0.15) is 5.75 Å². The van der Waals surface area contributed by atoms with Crippen molar-refractivity contribution in [1.82, 2.24) is 4.98 Å². The van der Waals surface area contributed by atoms with Crippen LogP contribution in [-0.4, -0.2) is 12.1 Å². The first-order valence-corrected chi connectivity index (χ1v) is 5.84. The molecule has 0 aliphatic carbocycles. The number of hydrogen-bond acceptors (Lipinski definition) is 2. The zero-order valence-corrected chi connectivity index (χ0v) is 11.0. The lowest BCUT2D eigenvalue weighted by molar-refractivity contribution is 0.414. The predicted octanol–water partition coefficient (Wildman–Crippen LogP) is 4.37. The average Bonchev–Trinajstić information content (AvgIpc) is 2.31. The number of hydrogen-bond donors (Lipinski definition) is 0. The van der Waals surface area contributed by atoms with E-state index in [-0.39, 0.29) is 0 Å². The minimum atomic E-state index is 0.620. The molecule has 0 atom stereocenters. The van der Waals surface area contributed by atoms with Gasteiger partial charge in [-0.05, 0) is 25.1 Å². The molecule has 0 aliphatic heterocycles. The monoisotopic (exact) mass is 267 g/mol. The smallest absolute Gasteiger partial charge is 0.122 e. The van der Waals surface area contributed by atoms with Gasteiger partial charge in [-0.3, -0.25) is 4.98 Å². The molecule has 2 aromatic rings. The standard InChI is InChI=1S/C13H11Cl2NO/c1-8-5-10(17-2)7-13(16-8)11-6-9(14)3-4-12(11)15/h3-7H,1-2H3. The first-order valence-electron chi connectivity index (χ1n) is 5.08. The minimum absolute atomic E-state index is 0.620. The molecule has 0 radical (unpaired) electrons. The van der Waals surface area contributed by atoms with Crippen LogP contribution in [0.25, 0.3) is 11.3 Å². The van der Waals surface area contributed by atoms with Crippen molar-refractivity contribution < 1.29 is 4.74 Å². The van der Waals surface area contributed by atoms with Crippen LogP contribution >= 0.6 is 23.2 Å². The van der Waals surface area contributed by atoms with Crippen molar-refractivity contribution in [3.05, 3.63) is 46.1 Å². The molecular formula is C13H11Cl2NO. The fraction of sp³-hybridized carbons (Fsp3) is 0.154. The Kier molecular flexibility index (Phi) is 3.55. The summed E-state index contributed by atoms with van der Waals surface area (Å²) in [7, 11) is 1.62. The third-order valence-corrected chi connectivity index (χ3v) is 2.93. The van der Waals surface area contributed by atoms with Gasteiger partial charge in [-0.1, -0.05) is 23.2 Å². The van der Waals surface area contributed by atoms with E-state index < -0.39 is 0 Å². The van der Waals surface area contributed by atoms with Crippen molar-refractivity contribution in [1.29, 1.82) is 0 Å². The Hall–Kier alpha value is -1.25. The van der Waals surface area contributed by atoms with Gasteiger partial charge in [0.2, 0.25) is 0 Å². The van der Waals surface area contributed by atoms with Gasteiger partial charge < -0.3 is 4.74 Å². The van der Waals surface area contributed by atoms with Gasteiger partial charge in [0.05, 0.1) is 17.8 Å². The summed E-state index contributed by atoms with van der Waals surface area (Å²) >= 11 is 12.1. The summed E-state index contributed by atoms with van der Waals surface area (Å²) in [6, 6.07) is 9.01. The van der Waals surface area contributed by atoms with Crippen molar-refractivity contribution in [2.24, 2.45) is 0 Å². The van der Waals surface area contributed by atoms with Crippen molar-refractivity contribution >= 4 is 23.2 Å². The molecule has 0 bridgehead atoms. The molecule has 0 aliphatic rings. The highest BCUT2D eigenvalue weighted by molar-refractivity contribution is 6.35. The number of methoxy groups -OCH3 is 1. The van der Waals surface area contributed by atoms with E-state index in [2.05, 4.69) is 4.98 Å². The maximum absolute atomic E-state index is 6.14. The molecule has 2 rings (SSSR count). The molecule has 0 spiro atoms. The molecule has 1 aromatic carbocycles. The van der Waals surface area contributed by atoms with Crippen LogP contribution in [0.4, 0.5) is 0 Å². The Morgan fingerprint density at radius 1 is 1.12 bits per heavy atom. The van der Waals surface area contributed by atoms with Crippen LogP contribution in [0.2, 0.25) is 10.0 Å². The van der Waals surface area contributed by atoms with E-state index in [4.69, 9.17) is 27.9 Å². The van der Waals surface area contributed by atoms with Gasteiger partial charge in [-0.15, -0.1) is 0 Å². The summed E-state index contributed by atoms with van der Waals surface area (Å²) in [4.78, 5) is 4.43. The molecule has 1 heterocycles. The number of ether oxygens (including phenoxy) is 1. The molecule has 88 valence electrons. The maximum atomic E-state index is 6.14. The van der Waals surface area contributed by atoms with E-state index in [0.29, 0.717) is 10.0 Å². The molecule has 0 unspecified atom stereocenters. The lowest BCUT2D eigenvalue weighted by atomic mass is 10.1. The molecule has 17 heavy (non-hydrogen) atoms.